The molecule has 0 saturated heterocycles. The monoisotopic (exact) mass is 376 g/mol. The minimum absolute atomic E-state index is 0.0326. The average molecular weight is 377 g/mol. The van der Waals surface area contributed by atoms with E-state index >= 15 is 0 Å². The molecule has 1 saturated carbocycles. The van der Waals surface area contributed by atoms with Crippen molar-refractivity contribution < 1.29 is 9.90 Å². The summed E-state index contributed by atoms with van der Waals surface area (Å²) in [5.74, 6) is 0.874. The van der Waals surface area contributed by atoms with E-state index in [-0.39, 0.29) is 23.5 Å². The molecule has 0 spiro atoms. The van der Waals surface area contributed by atoms with Gasteiger partial charge in [0.15, 0.2) is 5.78 Å². The number of hydrogen-bond donors (Lipinski definition) is 1. The van der Waals surface area contributed by atoms with Crippen LogP contribution in [0.5, 0.6) is 0 Å². The first-order chi connectivity index (χ1) is 13.0. The third-order valence-corrected chi connectivity index (χ3v) is 6.81. The van der Waals surface area contributed by atoms with E-state index < -0.39 is 0 Å². The van der Waals surface area contributed by atoms with Gasteiger partial charge in [-0.05, 0) is 72.1 Å². The summed E-state index contributed by atoms with van der Waals surface area (Å²) in [6, 6.07) is 13.8. The van der Waals surface area contributed by atoms with Crippen LogP contribution in [0.15, 0.2) is 60.4 Å². The van der Waals surface area contributed by atoms with Crippen LogP contribution >= 0.6 is 11.6 Å². The number of ketones is 1. The molecule has 6 rings (SSSR count). The Bertz CT molecular complexity index is 1000. The Kier molecular flexibility index (Phi) is 3.80. The van der Waals surface area contributed by atoms with E-state index in [1.165, 1.54) is 0 Å². The molecule has 0 unspecified atom stereocenters. The van der Waals surface area contributed by atoms with Crippen molar-refractivity contribution in [2.75, 3.05) is 0 Å². The zero-order valence-corrected chi connectivity index (χ0v) is 15.9. The molecule has 4 aliphatic rings. The van der Waals surface area contributed by atoms with Crippen LogP contribution in [0, 0.1) is 30.6 Å². The van der Waals surface area contributed by atoms with Gasteiger partial charge >= 0.3 is 0 Å². The second kappa shape index (κ2) is 6.10. The Balaban J connectivity index is 1.61. The zero-order chi connectivity index (χ0) is 18.7. The number of carbonyl (C=O) groups excluding carboxylic acids is 1. The van der Waals surface area contributed by atoms with E-state index in [2.05, 4.69) is 18.2 Å². The van der Waals surface area contributed by atoms with Gasteiger partial charge in [0.1, 0.15) is 5.76 Å². The van der Waals surface area contributed by atoms with Gasteiger partial charge in [0, 0.05) is 16.9 Å². The van der Waals surface area contributed by atoms with E-state index in [1.54, 1.807) is 0 Å². The predicted octanol–water partition coefficient (Wildman–Crippen LogP) is 6.00. The minimum atomic E-state index is -0.0812. The zero-order valence-electron chi connectivity index (χ0n) is 15.2. The summed E-state index contributed by atoms with van der Waals surface area (Å²) in [6.07, 6.45) is 6.52. The number of aliphatic hydroxyl groups excluding tert-OH is 1. The standard InChI is InChI=1S/C24H21ClO2/c1-13-2-3-17(14-8-10-18(25)11-9-14)12-19(13)22-23(26)20-15-4-5-16(7-6-15)21(20)24(22)27/h2-5,8-12,15-16,20-21,26H,6-7H2,1H3/t15-,16+,20-,21+/m1/s1. The maximum absolute atomic E-state index is 13.3. The lowest BCUT2D eigenvalue weighted by Crippen LogP contribution is -2.38. The molecule has 0 heterocycles. The Morgan fingerprint density at radius 1 is 0.926 bits per heavy atom. The molecule has 1 fully saturated rings. The summed E-state index contributed by atoms with van der Waals surface area (Å²) >= 11 is 6.01. The maximum atomic E-state index is 13.3. The highest BCUT2D eigenvalue weighted by atomic mass is 35.5. The lowest BCUT2D eigenvalue weighted by atomic mass is 9.63. The van der Waals surface area contributed by atoms with Gasteiger partial charge in [-0.2, -0.15) is 0 Å². The van der Waals surface area contributed by atoms with Gasteiger partial charge in [-0.15, -0.1) is 0 Å². The molecule has 27 heavy (non-hydrogen) atoms. The molecule has 0 amide bonds. The van der Waals surface area contributed by atoms with Crippen molar-refractivity contribution in [3.05, 3.63) is 76.5 Å². The second-order valence-corrected chi connectivity index (χ2v) is 8.44. The largest absolute Gasteiger partial charge is 0.511 e. The number of carbonyl (C=O) groups is 1. The summed E-state index contributed by atoms with van der Waals surface area (Å²) in [5.41, 5.74) is 4.49. The molecule has 4 atom stereocenters. The number of Topliss-reactive ketones (excluding diaryl/α,β-unsaturated/α-hetero) is 1. The minimum Gasteiger partial charge on any atom is -0.511 e. The second-order valence-electron chi connectivity index (χ2n) is 8.00. The molecule has 2 nitrogen and oxygen atoms in total. The highest BCUT2D eigenvalue weighted by Crippen LogP contribution is 2.54. The van der Waals surface area contributed by atoms with Crippen LogP contribution in [0.4, 0.5) is 0 Å². The molecule has 0 aliphatic heterocycles. The van der Waals surface area contributed by atoms with Gasteiger partial charge in [-0.25, -0.2) is 0 Å². The number of halogens is 1. The topological polar surface area (TPSA) is 37.3 Å². The Morgan fingerprint density at radius 3 is 2.19 bits per heavy atom. The summed E-state index contributed by atoms with van der Waals surface area (Å²) in [5, 5.41) is 11.8. The quantitative estimate of drug-likeness (QED) is 0.653. The molecule has 0 radical (unpaired) electrons. The Labute approximate surface area is 164 Å². The molecule has 2 bridgehead atoms. The van der Waals surface area contributed by atoms with E-state index in [9.17, 15) is 9.90 Å². The molecule has 0 aromatic heterocycles. The third-order valence-electron chi connectivity index (χ3n) is 6.55. The summed E-state index contributed by atoms with van der Waals surface area (Å²) in [4.78, 5) is 13.3. The normalized spacial score (nSPS) is 28.7. The summed E-state index contributed by atoms with van der Waals surface area (Å²) in [6.45, 7) is 2.00. The highest BCUT2D eigenvalue weighted by Gasteiger charge is 2.52. The van der Waals surface area contributed by atoms with Crippen LogP contribution in [0.1, 0.15) is 24.0 Å². The third kappa shape index (κ3) is 2.50. The number of rotatable bonds is 2. The van der Waals surface area contributed by atoms with Crippen molar-refractivity contribution in [3.63, 3.8) is 0 Å². The average Bonchev–Trinajstić information content (AvgIpc) is 2.97. The van der Waals surface area contributed by atoms with Crippen molar-refractivity contribution in [1.29, 1.82) is 0 Å². The SMILES string of the molecule is Cc1ccc(-c2ccc(Cl)cc2)cc1C1=C(O)[C@H]2[C@@H](C1=O)[C@H]1C=C[C@@H]2CC1. The van der Waals surface area contributed by atoms with Gasteiger partial charge < -0.3 is 5.11 Å². The number of aryl methyl sites for hydroxylation is 1. The number of aliphatic hydroxyl groups is 1. The lowest BCUT2D eigenvalue weighted by Gasteiger charge is -2.40. The van der Waals surface area contributed by atoms with Crippen LogP contribution in [0.25, 0.3) is 16.7 Å². The summed E-state index contributed by atoms with van der Waals surface area (Å²) in [7, 11) is 0. The van der Waals surface area contributed by atoms with Crippen LogP contribution < -0.4 is 0 Å². The van der Waals surface area contributed by atoms with Crippen molar-refractivity contribution in [2.24, 2.45) is 23.7 Å². The van der Waals surface area contributed by atoms with E-state index in [4.69, 9.17) is 11.6 Å². The number of allylic oxidation sites excluding steroid dienone is 4. The number of fused-ring (bicyclic) bond motifs is 1. The smallest absolute Gasteiger partial charge is 0.171 e. The Morgan fingerprint density at radius 2 is 1.56 bits per heavy atom. The maximum Gasteiger partial charge on any atom is 0.171 e. The molecular formula is C24H21ClO2. The first kappa shape index (κ1) is 16.8. The fourth-order valence-corrected chi connectivity index (χ4v) is 5.29. The first-order valence-electron chi connectivity index (χ1n) is 9.57. The predicted molar refractivity (Wildman–Crippen MR) is 109 cm³/mol. The van der Waals surface area contributed by atoms with Crippen molar-refractivity contribution in [3.8, 4) is 11.1 Å². The molecule has 2 aromatic carbocycles. The van der Waals surface area contributed by atoms with Crippen molar-refractivity contribution in [1.82, 2.24) is 0 Å². The fourth-order valence-electron chi connectivity index (χ4n) is 5.17. The molecule has 1 N–H and O–H groups in total. The van der Waals surface area contributed by atoms with Gasteiger partial charge in [-0.1, -0.05) is 48.0 Å². The number of benzene rings is 2. The number of hydrogen-bond acceptors (Lipinski definition) is 2. The molecule has 136 valence electrons. The van der Waals surface area contributed by atoms with Gasteiger partial charge in [0.2, 0.25) is 0 Å². The van der Waals surface area contributed by atoms with Crippen molar-refractivity contribution >= 4 is 23.0 Å². The van der Waals surface area contributed by atoms with Crippen LogP contribution in [0.2, 0.25) is 5.02 Å². The molecule has 4 aliphatic carbocycles. The first-order valence-corrected chi connectivity index (χ1v) is 9.95. The molecule has 3 heteroatoms. The van der Waals surface area contributed by atoms with Crippen LogP contribution in [0.3, 0.4) is 0 Å². The van der Waals surface area contributed by atoms with E-state index in [0.717, 1.165) is 35.1 Å². The molecule has 2 aromatic rings. The van der Waals surface area contributed by atoms with E-state index in [0.29, 0.717) is 22.3 Å². The van der Waals surface area contributed by atoms with Crippen molar-refractivity contribution in [2.45, 2.75) is 19.8 Å². The van der Waals surface area contributed by atoms with Crippen LogP contribution in [-0.4, -0.2) is 10.9 Å². The lowest BCUT2D eigenvalue weighted by molar-refractivity contribution is -0.120. The van der Waals surface area contributed by atoms with Gasteiger partial charge in [0.25, 0.3) is 0 Å². The summed E-state index contributed by atoms with van der Waals surface area (Å²) < 4.78 is 0. The fraction of sp³-hybridized carbons (Fsp3) is 0.292. The molecular weight excluding hydrogens is 356 g/mol. The highest BCUT2D eigenvalue weighted by molar-refractivity contribution is 6.30. The van der Waals surface area contributed by atoms with E-state index in [1.807, 2.05) is 43.3 Å². The van der Waals surface area contributed by atoms with Gasteiger partial charge in [0.05, 0.1) is 5.57 Å². The van der Waals surface area contributed by atoms with Gasteiger partial charge in [-0.3, -0.25) is 4.79 Å². The Hall–Kier alpha value is -2.32. The van der Waals surface area contributed by atoms with Crippen LogP contribution in [-0.2, 0) is 4.79 Å².